The van der Waals surface area contributed by atoms with Crippen LogP contribution in [0.3, 0.4) is 0 Å². The second kappa shape index (κ2) is 8.98. The van der Waals surface area contributed by atoms with E-state index in [-0.39, 0.29) is 0 Å². The van der Waals surface area contributed by atoms with Crippen molar-refractivity contribution in [2.24, 2.45) is 0 Å². The van der Waals surface area contributed by atoms with E-state index in [2.05, 4.69) is 79.0 Å². The number of thioether (sulfide) groups is 2. The molecule has 0 amide bonds. The molecule has 3 aromatic carbocycles. The van der Waals surface area contributed by atoms with E-state index in [0.29, 0.717) is 0 Å². The van der Waals surface area contributed by atoms with Crippen molar-refractivity contribution >= 4 is 23.5 Å². The number of hydrogen-bond donors (Lipinski definition) is 0. The van der Waals surface area contributed by atoms with E-state index in [0.717, 1.165) is 22.2 Å². The van der Waals surface area contributed by atoms with Crippen LogP contribution in [0.15, 0.2) is 107 Å². The van der Waals surface area contributed by atoms with E-state index < -0.39 is 0 Å². The summed E-state index contributed by atoms with van der Waals surface area (Å²) in [5.74, 6) is 1.87. The van der Waals surface area contributed by atoms with Crippen LogP contribution in [0.5, 0.6) is 0 Å². The van der Waals surface area contributed by atoms with Crippen molar-refractivity contribution in [3.05, 3.63) is 108 Å². The van der Waals surface area contributed by atoms with Crippen LogP contribution < -0.4 is 0 Å². The summed E-state index contributed by atoms with van der Waals surface area (Å²) in [7, 11) is 0. The van der Waals surface area contributed by atoms with Crippen molar-refractivity contribution in [2.45, 2.75) is 21.4 Å². The molecule has 2 nitrogen and oxygen atoms in total. The van der Waals surface area contributed by atoms with Crippen LogP contribution in [-0.4, -0.2) is 9.78 Å². The Hall–Kier alpha value is -2.43. The number of nitrogens with zero attached hydrogens (tertiary/aromatic N) is 2. The van der Waals surface area contributed by atoms with Gasteiger partial charge in [-0.05, 0) is 23.3 Å². The van der Waals surface area contributed by atoms with Gasteiger partial charge in [-0.3, -0.25) is 0 Å². The minimum Gasteiger partial charge on any atom is -0.239 e. The summed E-state index contributed by atoms with van der Waals surface area (Å²) in [5, 5.41) is 5.95. The molecule has 0 bridgehead atoms. The number of aromatic nitrogens is 2. The summed E-state index contributed by atoms with van der Waals surface area (Å²) >= 11 is 3.64. The monoisotopic (exact) mass is 388 g/mol. The first-order chi connectivity index (χ1) is 13.4. The van der Waals surface area contributed by atoms with Gasteiger partial charge < -0.3 is 0 Å². The number of para-hydroxylation sites is 1. The zero-order chi connectivity index (χ0) is 18.3. The SMILES string of the molecule is c1ccc(CSc2cn(-c3ccccc3)nc2SCc2ccccc2)cc1. The summed E-state index contributed by atoms with van der Waals surface area (Å²) in [5.41, 5.74) is 3.73. The van der Waals surface area contributed by atoms with Gasteiger partial charge in [0.15, 0.2) is 0 Å². The maximum absolute atomic E-state index is 4.87. The molecule has 27 heavy (non-hydrogen) atoms. The van der Waals surface area contributed by atoms with Crippen molar-refractivity contribution in [1.82, 2.24) is 9.78 Å². The molecule has 0 radical (unpaired) electrons. The second-order valence-electron chi connectivity index (χ2n) is 6.13. The molecule has 1 heterocycles. The molecule has 0 N–H and O–H groups in total. The highest BCUT2D eigenvalue weighted by Crippen LogP contribution is 2.34. The second-order valence-corrected chi connectivity index (χ2v) is 8.11. The van der Waals surface area contributed by atoms with E-state index in [1.165, 1.54) is 16.0 Å². The molecule has 4 aromatic rings. The molecule has 0 atom stereocenters. The molecular formula is C23H20N2S2. The maximum Gasteiger partial charge on any atom is 0.133 e. The van der Waals surface area contributed by atoms with E-state index in [9.17, 15) is 0 Å². The van der Waals surface area contributed by atoms with Crippen molar-refractivity contribution < 1.29 is 0 Å². The molecule has 0 saturated carbocycles. The summed E-state index contributed by atoms with van der Waals surface area (Å²) < 4.78 is 1.99. The van der Waals surface area contributed by atoms with E-state index in [1.807, 2.05) is 34.6 Å². The van der Waals surface area contributed by atoms with Crippen LogP contribution in [0.25, 0.3) is 5.69 Å². The molecule has 4 heteroatoms. The Bertz CT molecular complexity index is 906. The average molecular weight is 389 g/mol. The molecule has 0 spiro atoms. The topological polar surface area (TPSA) is 17.8 Å². The molecule has 0 aliphatic heterocycles. The smallest absolute Gasteiger partial charge is 0.133 e. The lowest BCUT2D eigenvalue weighted by atomic mass is 10.2. The molecule has 1 aromatic heterocycles. The zero-order valence-electron chi connectivity index (χ0n) is 14.9. The normalized spacial score (nSPS) is 10.8. The van der Waals surface area contributed by atoms with Crippen LogP contribution >= 0.6 is 23.5 Å². The molecule has 0 aliphatic carbocycles. The Morgan fingerprint density at radius 2 is 1.15 bits per heavy atom. The quantitative estimate of drug-likeness (QED) is 0.339. The lowest BCUT2D eigenvalue weighted by Gasteiger charge is -2.03. The van der Waals surface area contributed by atoms with Gasteiger partial charge in [0.05, 0.1) is 10.6 Å². The Labute approximate surface area is 168 Å². The van der Waals surface area contributed by atoms with Crippen molar-refractivity contribution in [1.29, 1.82) is 0 Å². The first kappa shape index (κ1) is 18.0. The Balaban J connectivity index is 1.55. The molecule has 0 unspecified atom stereocenters. The fourth-order valence-corrected chi connectivity index (χ4v) is 4.76. The van der Waals surface area contributed by atoms with Gasteiger partial charge in [0.25, 0.3) is 0 Å². The van der Waals surface area contributed by atoms with Gasteiger partial charge in [-0.15, -0.1) is 11.8 Å². The van der Waals surface area contributed by atoms with Gasteiger partial charge in [-0.1, -0.05) is 90.6 Å². The first-order valence-corrected chi connectivity index (χ1v) is 10.8. The molecule has 0 fully saturated rings. The average Bonchev–Trinajstić information content (AvgIpc) is 3.16. The van der Waals surface area contributed by atoms with Gasteiger partial charge in [-0.25, -0.2) is 4.68 Å². The zero-order valence-corrected chi connectivity index (χ0v) is 16.5. The Kier molecular flexibility index (Phi) is 5.97. The van der Waals surface area contributed by atoms with Gasteiger partial charge in [0, 0.05) is 17.7 Å². The largest absolute Gasteiger partial charge is 0.239 e. The fraction of sp³-hybridized carbons (Fsp3) is 0.0870. The van der Waals surface area contributed by atoms with Gasteiger partial charge >= 0.3 is 0 Å². The summed E-state index contributed by atoms with van der Waals surface area (Å²) in [6.45, 7) is 0. The highest BCUT2D eigenvalue weighted by molar-refractivity contribution is 8.01. The number of benzene rings is 3. The predicted octanol–water partition coefficient (Wildman–Crippen LogP) is 6.46. The van der Waals surface area contributed by atoms with Gasteiger partial charge in [0.2, 0.25) is 0 Å². The molecule has 4 rings (SSSR count). The van der Waals surface area contributed by atoms with Crippen LogP contribution in [0.1, 0.15) is 11.1 Å². The molecular weight excluding hydrogens is 368 g/mol. The molecule has 0 aliphatic rings. The summed E-state index contributed by atoms with van der Waals surface area (Å²) in [4.78, 5) is 1.23. The summed E-state index contributed by atoms with van der Waals surface area (Å²) in [6, 6.07) is 31.4. The maximum atomic E-state index is 4.87. The van der Waals surface area contributed by atoms with E-state index in [4.69, 9.17) is 5.10 Å². The predicted molar refractivity (Wildman–Crippen MR) is 116 cm³/mol. The lowest BCUT2D eigenvalue weighted by molar-refractivity contribution is 0.836. The van der Waals surface area contributed by atoms with E-state index in [1.54, 1.807) is 11.8 Å². The van der Waals surface area contributed by atoms with Gasteiger partial charge in [-0.2, -0.15) is 5.10 Å². The third-order valence-electron chi connectivity index (χ3n) is 4.13. The fourth-order valence-electron chi connectivity index (χ4n) is 2.72. The Morgan fingerprint density at radius 1 is 0.630 bits per heavy atom. The van der Waals surface area contributed by atoms with Gasteiger partial charge in [0.1, 0.15) is 5.03 Å². The Morgan fingerprint density at radius 3 is 1.74 bits per heavy atom. The molecule has 0 saturated heterocycles. The van der Waals surface area contributed by atoms with Crippen molar-refractivity contribution in [2.75, 3.05) is 0 Å². The first-order valence-electron chi connectivity index (χ1n) is 8.87. The third-order valence-corrected chi connectivity index (χ3v) is 6.39. The lowest BCUT2D eigenvalue weighted by Crippen LogP contribution is -1.93. The van der Waals surface area contributed by atoms with Crippen LogP contribution in [0.4, 0.5) is 0 Å². The number of hydrogen-bond acceptors (Lipinski definition) is 3. The van der Waals surface area contributed by atoms with E-state index >= 15 is 0 Å². The number of rotatable bonds is 7. The minimum absolute atomic E-state index is 0.922. The van der Waals surface area contributed by atoms with Crippen LogP contribution in [0, 0.1) is 0 Å². The third kappa shape index (κ3) is 4.85. The molecule has 134 valence electrons. The highest BCUT2D eigenvalue weighted by Gasteiger charge is 2.12. The minimum atomic E-state index is 0.922. The highest BCUT2D eigenvalue weighted by atomic mass is 32.2. The summed E-state index contributed by atoms with van der Waals surface area (Å²) in [6.07, 6.45) is 2.15. The van der Waals surface area contributed by atoms with Crippen molar-refractivity contribution in [3.63, 3.8) is 0 Å². The standard InChI is InChI=1S/C23H20N2S2/c1-4-10-19(11-5-1)17-26-22-16-25(21-14-8-3-9-15-21)24-23(22)27-18-20-12-6-2-7-13-20/h1-16H,17-18H2. The van der Waals surface area contributed by atoms with Crippen LogP contribution in [-0.2, 0) is 11.5 Å². The van der Waals surface area contributed by atoms with Crippen molar-refractivity contribution in [3.8, 4) is 5.69 Å². The van der Waals surface area contributed by atoms with Crippen LogP contribution in [0.2, 0.25) is 0 Å².